The SMILES string of the molecule is O=C(COc1ccc(Br)cc1)OCCCn1c(=O)oc2ccccc21. The molecule has 130 valence electrons. The van der Waals surface area contributed by atoms with Crippen molar-refractivity contribution in [1.82, 2.24) is 4.57 Å². The van der Waals surface area contributed by atoms with Crippen LogP contribution in [0.2, 0.25) is 0 Å². The van der Waals surface area contributed by atoms with Crippen LogP contribution in [0.1, 0.15) is 6.42 Å². The van der Waals surface area contributed by atoms with E-state index in [0.29, 0.717) is 24.3 Å². The van der Waals surface area contributed by atoms with E-state index in [4.69, 9.17) is 13.9 Å². The average molecular weight is 406 g/mol. The van der Waals surface area contributed by atoms with Crippen LogP contribution in [0.3, 0.4) is 0 Å². The van der Waals surface area contributed by atoms with E-state index in [-0.39, 0.29) is 13.2 Å². The summed E-state index contributed by atoms with van der Waals surface area (Å²) in [6.45, 7) is 0.460. The molecule has 0 radical (unpaired) electrons. The quantitative estimate of drug-likeness (QED) is 0.445. The molecule has 0 spiro atoms. The van der Waals surface area contributed by atoms with Crippen molar-refractivity contribution in [2.24, 2.45) is 0 Å². The van der Waals surface area contributed by atoms with Gasteiger partial charge in [-0.25, -0.2) is 9.59 Å². The Morgan fingerprint density at radius 1 is 1.12 bits per heavy atom. The van der Waals surface area contributed by atoms with Crippen LogP contribution in [0.4, 0.5) is 0 Å². The molecular formula is C18H16BrNO5. The number of aromatic nitrogens is 1. The maximum absolute atomic E-state index is 11.8. The molecule has 0 fully saturated rings. The summed E-state index contributed by atoms with van der Waals surface area (Å²) in [4.78, 5) is 23.5. The molecule has 2 aromatic carbocycles. The Morgan fingerprint density at radius 2 is 1.88 bits per heavy atom. The standard InChI is InChI=1S/C18H16BrNO5/c19-13-6-8-14(9-7-13)24-12-17(21)23-11-3-10-20-15-4-1-2-5-16(15)25-18(20)22/h1-2,4-9H,3,10-12H2. The van der Waals surface area contributed by atoms with Gasteiger partial charge >= 0.3 is 11.7 Å². The van der Waals surface area contributed by atoms with Gasteiger partial charge in [-0.3, -0.25) is 4.57 Å². The predicted octanol–water partition coefficient (Wildman–Crippen LogP) is 3.37. The number of ether oxygens (including phenoxy) is 2. The van der Waals surface area contributed by atoms with Crippen molar-refractivity contribution >= 4 is 33.0 Å². The topological polar surface area (TPSA) is 70.7 Å². The molecule has 0 atom stereocenters. The summed E-state index contributed by atoms with van der Waals surface area (Å²) in [7, 11) is 0. The first-order chi connectivity index (χ1) is 12.1. The third-order valence-electron chi connectivity index (χ3n) is 3.53. The van der Waals surface area contributed by atoms with Crippen molar-refractivity contribution in [1.29, 1.82) is 0 Å². The van der Waals surface area contributed by atoms with E-state index in [1.807, 2.05) is 30.3 Å². The van der Waals surface area contributed by atoms with E-state index in [1.54, 1.807) is 18.2 Å². The van der Waals surface area contributed by atoms with Gasteiger partial charge in [0.25, 0.3) is 0 Å². The number of hydrogen-bond acceptors (Lipinski definition) is 5. The molecule has 0 aliphatic heterocycles. The zero-order chi connectivity index (χ0) is 17.6. The third kappa shape index (κ3) is 4.51. The van der Waals surface area contributed by atoms with Crippen LogP contribution in [0, 0.1) is 0 Å². The molecule has 0 saturated heterocycles. The number of nitrogens with zero attached hydrogens (tertiary/aromatic N) is 1. The molecule has 0 amide bonds. The number of esters is 1. The van der Waals surface area contributed by atoms with Gasteiger partial charge < -0.3 is 13.9 Å². The highest BCUT2D eigenvalue weighted by atomic mass is 79.9. The highest BCUT2D eigenvalue weighted by Gasteiger charge is 2.09. The van der Waals surface area contributed by atoms with E-state index in [2.05, 4.69) is 15.9 Å². The van der Waals surface area contributed by atoms with E-state index in [1.165, 1.54) is 4.57 Å². The molecule has 0 saturated carbocycles. The van der Waals surface area contributed by atoms with Gasteiger partial charge in [-0.15, -0.1) is 0 Å². The number of halogens is 1. The van der Waals surface area contributed by atoms with Crippen molar-refractivity contribution in [3.8, 4) is 5.75 Å². The summed E-state index contributed by atoms with van der Waals surface area (Å²) in [5, 5.41) is 0. The largest absolute Gasteiger partial charge is 0.482 e. The first-order valence-corrected chi connectivity index (χ1v) is 8.55. The summed E-state index contributed by atoms with van der Waals surface area (Å²) in [5.74, 6) is -0.269. The molecule has 3 rings (SSSR count). The minimum absolute atomic E-state index is 0.157. The van der Waals surface area contributed by atoms with E-state index < -0.39 is 11.7 Å². The lowest BCUT2D eigenvalue weighted by atomic mass is 10.3. The van der Waals surface area contributed by atoms with Gasteiger partial charge in [-0.05, 0) is 42.8 Å². The van der Waals surface area contributed by atoms with Crippen molar-refractivity contribution in [2.75, 3.05) is 13.2 Å². The highest BCUT2D eigenvalue weighted by Crippen LogP contribution is 2.16. The van der Waals surface area contributed by atoms with Gasteiger partial charge in [-0.1, -0.05) is 28.1 Å². The zero-order valence-electron chi connectivity index (χ0n) is 13.3. The Labute approximate surface area is 152 Å². The Balaban J connectivity index is 1.43. The number of carbonyl (C=O) groups excluding carboxylic acids is 1. The van der Waals surface area contributed by atoms with Gasteiger partial charge in [0.2, 0.25) is 0 Å². The van der Waals surface area contributed by atoms with Crippen molar-refractivity contribution in [2.45, 2.75) is 13.0 Å². The molecular weight excluding hydrogens is 390 g/mol. The second kappa shape index (κ2) is 8.02. The summed E-state index contributed by atoms with van der Waals surface area (Å²) in [5.41, 5.74) is 1.28. The number of rotatable bonds is 7. The molecule has 0 N–H and O–H groups in total. The maximum atomic E-state index is 11.8. The van der Waals surface area contributed by atoms with E-state index in [9.17, 15) is 9.59 Å². The fraction of sp³-hybridized carbons (Fsp3) is 0.222. The Morgan fingerprint density at radius 3 is 2.68 bits per heavy atom. The summed E-state index contributed by atoms with van der Waals surface area (Å²) in [6.07, 6.45) is 0.507. The molecule has 6 nitrogen and oxygen atoms in total. The van der Waals surface area contributed by atoms with Crippen molar-refractivity contribution in [3.63, 3.8) is 0 Å². The maximum Gasteiger partial charge on any atom is 0.419 e. The van der Waals surface area contributed by atoms with Crippen molar-refractivity contribution < 1.29 is 18.7 Å². The lowest BCUT2D eigenvalue weighted by Crippen LogP contribution is -2.18. The van der Waals surface area contributed by atoms with Gasteiger partial charge in [0, 0.05) is 11.0 Å². The van der Waals surface area contributed by atoms with E-state index >= 15 is 0 Å². The molecule has 0 aliphatic carbocycles. The number of benzene rings is 2. The predicted molar refractivity (Wildman–Crippen MR) is 95.7 cm³/mol. The lowest BCUT2D eigenvalue weighted by Gasteiger charge is -2.07. The Kier molecular flexibility index (Phi) is 5.55. The first-order valence-electron chi connectivity index (χ1n) is 7.76. The number of hydrogen-bond donors (Lipinski definition) is 0. The Hall–Kier alpha value is -2.54. The van der Waals surface area contributed by atoms with E-state index in [0.717, 1.165) is 9.99 Å². The van der Waals surface area contributed by atoms with Crippen LogP contribution in [0.15, 0.2) is 62.2 Å². The van der Waals surface area contributed by atoms with Gasteiger partial charge in [0.15, 0.2) is 12.2 Å². The summed E-state index contributed by atoms with van der Waals surface area (Å²) in [6, 6.07) is 14.4. The second-order valence-electron chi connectivity index (χ2n) is 5.30. The van der Waals surface area contributed by atoms with Crippen LogP contribution in [-0.2, 0) is 16.1 Å². The fourth-order valence-electron chi connectivity index (χ4n) is 2.35. The monoisotopic (exact) mass is 405 g/mol. The number of oxazole rings is 1. The van der Waals surface area contributed by atoms with Crippen LogP contribution in [0.25, 0.3) is 11.1 Å². The molecule has 7 heteroatoms. The van der Waals surface area contributed by atoms with Gasteiger partial charge in [0.1, 0.15) is 5.75 Å². The average Bonchev–Trinajstić information content (AvgIpc) is 2.93. The number of para-hydroxylation sites is 2. The van der Waals surface area contributed by atoms with Crippen LogP contribution in [0.5, 0.6) is 5.75 Å². The third-order valence-corrected chi connectivity index (χ3v) is 4.06. The zero-order valence-corrected chi connectivity index (χ0v) is 14.9. The lowest BCUT2D eigenvalue weighted by molar-refractivity contribution is -0.146. The molecule has 0 unspecified atom stereocenters. The normalized spacial score (nSPS) is 10.8. The minimum atomic E-state index is -0.452. The molecule has 0 aliphatic rings. The number of fused-ring (bicyclic) bond motifs is 1. The van der Waals surface area contributed by atoms with Gasteiger partial charge in [0.05, 0.1) is 12.1 Å². The van der Waals surface area contributed by atoms with Crippen molar-refractivity contribution in [3.05, 3.63) is 63.6 Å². The highest BCUT2D eigenvalue weighted by molar-refractivity contribution is 9.10. The van der Waals surface area contributed by atoms with Crippen LogP contribution in [-0.4, -0.2) is 23.8 Å². The summed E-state index contributed by atoms with van der Waals surface area (Å²) >= 11 is 3.33. The van der Waals surface area contributed by atoms with Crippen LogP contribution >= 0.6 is 15.9 Å². The summed E-state index contributed by atoms with van der Waals surface area (Å²) < 4.78 is 18.1. The Bertz CT molecular complexity index is 913. The van der Waals surface area contributed by atoms with Gasteiger partial charge in [-0.2, -0.15) is 0 Å². The number of aryl methyl sites for hydroxylation is 1. The molecule has 1 aromatic heterocycles. The molecule has 3 aromatic rings. The first kappa shape index (κ1) is 17.3. The van der Waals surface area contributed by atoms with Crippen LogP contribution < -0.4 is 10.5 Å². The smallest absolute Gasteiger partial charge is 0.419 e. The minimum Gasteiger partial charge on any atom is -0.482 e. The molecule has 25 heavy (non-hydrogen) atoms. The fourth-order valence-corrected chi connectivity index (χ4v) is 2.61. The molecule has 0 bridgehead atoms. The molecule has 1 heterocycles. The number of carbonyl (C=O) groups is 1. The second-order valence-corrected chi connectivity index (χ2v) is 6.22.